The van der Waals surface area contributed by atoms with Gasteiger partial charge in [0.15, 0.2) is 0 Å². The fourth-order valence-corrected chi connectivity index (χ4v) is 1.89. The molecule has 0 saturated heterocycles. The van der Waals surface area contributed by atoms with Crippen LogP contribution in [-0.4, -0.2) is 21.5 Å². The Morgan fingerprint density at radius 2 is 2.29 bits per heavy atom. The van der Waals surface area contributed by atoms with Crippen molar-refractivity contribution >= 4 is 27.3 Å². The SMILES string of the molecule is Nc1cc(Br)ccc1NCCCn1ccnn1. The van der Waals surface area contributed by atoms with Gasteiger partial charge in [-0.25, -0.2) is 0 Å². The van der Waals surface area contributed by atoms with Crippen LogP contribution in [0.25, 0.3) is 0 Å². The number of aryl methyl sites for hydroxylation is 1. The minimum Gasteiger partial charge on any atom is -0.397 e. The molecule has 2 rings (SSSR count). The minimum absolute atomic E-state index is 0.750. The first-order chi connectivity index (χ1) is 8.25. The number of nitrogen functional groups attached to an aromatic ring is 1. The van der Waals surface area contributed by atoms with Crippen molar-refractivity contribution in [1.29, 1.82) is 0 Å². The summed E-state index contributed by atoms with van der Waals surface area (Å²) in [5.41, 5.74) is 7.59. The molecule has 2 aromatic rings. The van der Waals surface area contributed by atoms with Gasteiger partial charge < -0.3 is 11.1 Å². The van der Waals surface area contributed by atoms with Crippen molar-refractivity contribution in [2.45, 2.75) is 13.0 Å². The molecule has 0 unspecified atom stereocenters. The summed E-state index contributed by atoms with van der Waals surface area (Å²) in [6, 6.07) is 5.82. The van der Waals surface area contributed by atoms with E-state index in [1.54, 1.807) is 6.20 Å². The van der Waals surface area contributed by atoms with Gasteiger partial charge in [-0.2, -0.15) is 0 Å². The summed E-state index contributed by atoms with van der Waals surface area (Å²) in [6.07, 6.45) is 4.51. The maximum Gasteiger partial charge on any atom is 0.0692 e. The van der Waals surface area contributed by atoms with E-state index in [-0.39, 0.29) is 0 Å². The topological polar surface area (TPSA) is 68.8 Å². The molecule has 17 heavy (non-hydrogen) atoms. The predicted octanol–water partition coefficient (Wildman–Crippen LogP) is 2.12. The maximum absolute atomic E-state index is 5.88. The number of nitrogens with zero attached hydrogens (tertiary/aromatic N) is 3. The van der Waals surface area contributed by atoms with E-state index in [2.05, 4.69) is 31.6 Å². The highest BCUT2D eigenvalue weighted by atomic mass is 79.9. The van der Waals surface area contributed by atoms with Gasteiger partial charge in [-0.15, -0.1) is 5.10 Å². The molecule has 0 spiro atoms. The lowest BCUT2D eigenvalue weighted by atomic mass is 10.2. The number of anilines is 2. The number of nitrogens with two attached hydrogens (primary N) is 1. The summed E-state index contributed by atoms with van der Waals surface area (Å²) in [5.74, 6) is 0. The van der Waals surface area contributed by atoms with E-state index in [0.29, 0.717) is 0 Å². The molecule has 3 N–H and O–H groups in total. The molecule has 6 heteroatoms. The molecular formula is C11H14BrN5. The van der Waals surface area contributed by atoms with E-state index in [1.807, 2.05) is 29.1 Å². The summed E-state index contributed by atoms with van der Waals surface area (Å²) in [5, 5.41) is 10.9. The third kappa shape index (κ3) is 3.45. The molecule has 0 saturated carbocycles. The third-order valence-electron chi connectivity index (χ3n) is 2.36. The van der Waals surface area contributed by atoms with Crippen molar-refractivity contribution in [3.63, 3.8) is 0 Å². The molecule has 1 aromatic carbocycles. The van der Waals surface area contributed by atoms with Crippen molar-refractivity contribution in [2.24, 2.45) is 0 Å². The monoisotopic (exact) mass is 295 g/mol. The highest BCUT2D eigenvalue weighted by molar-refractivity contribution is 9.10. The fourth-order valence-electron chi connectivity index (χ4n) is 1.51. The van der Waals surface area contributed by atoms with Crippen LogP contribution in [0.3, 0.4) is 0 Å². The molecule has 5 nitrogen and oxygen atoms in total. The second-order valence-corrected chi connectivity index (χ2v) is 4.59. The van der Waals surface area contributed by atoms with Crippen molar-refractivity contribution < 1.29 is 0 Å². The number of aromatic nitrogens is 3. The van der Waals surface area contributed by atoms with Gasteiger partial charge in [-0.05, 0) is 24.6 Å². The van der Waals surface area contributed by atoms with Crippen LogP contribution in [0.1, 0.15) is 6.42 Å². The van der Waals surface area contributed by atoms with Crippen molar-refractivity contribution in [2.75, 3.05) is 17.6 Å². The highest BCUT2D eigenvalue weighted by Gasteiger charge is 1.99. The van der Waals surface area contributed by atoms with Crippen LogP contribution in [-0.2, 0) is 6.54 Å². The Bertz CT molecular complexity index is 469. The first kappa shape index (κ1) is 11.9. The van der Waals surface area contributed by atoms with Crippen LogP contribution >= 0.6 is 15.9 Å². The molecule has 0 radical (unpaired) electrons. The average Bonchev–Trinajstić information content (AvgIpc) is 2.79. The molecule has 0 aliphatic carbocycles. The van der Waals surface area contributed by atoms with E-state index >= 15 is 0 Å². The van der Waals surface area contributed by atoms with Crippen LogP contribution in [0.2, 0.25) is 0 Å². The van der Waals surface area contributed by atoms with Crippen LogP contribution in [0, 0.1) is 0 Å². The number of halogens is 1. The van der Waals surface area contributed by atoms with E-state index < -0.39 is 0 Å². The van der Waals surface area contributed by atoms with Gasteiger partial charge >= 0.3 is 0 Å². The number of rotatable bonds is 5. The summed E-state index contributed by atoms with van der Waals surface area (Å²) in [4.78, 5) is 0. The Balaban J connectivity index is 1.78. The molecule has 0 atom stereocenters. The predicted molar refractivity (Wildman–Crippen MR) is 71.7 cm³/mol. The summed E-state index contributed by atoms with van der Waals surface area (Å²) in [6.45, 7) is 1.70. The number of benzene rings is 1. The second kappa shape index (κ2) is 5.67. The number of hydrogen-bond donors (Lipinski definition) is 2. The molecule has 0 aliphatic heterocycles. The zero-order valence-corrected chi connectivity index (χ0v) is 10.9. The van der Waals surface area contributed by atoms with Crippen molar-refractivity contribution in [3.05, 3.63) is 35.1 Å². The zero-order chi connectivity index (χ0) is 12.1. The second-order valence-electron chi connectivity index (χ2n) is 3.68. The highest BCUT2D eigenvalue weighted by Crippen LogP contribution is 2.22. The van der Waals surface area contributed by atoms with Gasteiger partial charge in [-0.3, -0.25) is 4.68 Å². The van der Waals surface area contributed by atoms with Crippen LogP contribution < -0.4 is 11.1 Å². The van der Waals surface area contributed by atoms with E-state index in [1.165, 1.54) is 0 Å². The summed E-state index contributed by atoms with van der Waals surface area (Å²) >= 11 is 3.38. The lowest BCUT2D eigenvalue weighted by molar-refractivity contribution is 0.570. The maximum atomic E-state index is 5.88. The van der Waals surface area contributed by atoms with Gasteiger partial charge in [0.25, 0.3) is 0 Å². The Labute approximate surface area is 108 Å². The van der Waals surface area contributed by atoms with Gasteiger partial charge in [0.2, 0.25) is 0 Å². The third-order valence-corrected chi connectivity index (χ3v) is 2.86. The van der Waals surface area contributed by atoms with Gasteiger partial charge in [0.05, 0.1) is 17.6 Å². The molecule has 0 amide bonds. The fraction of sp³-hybridized carbons (Fsp3) is 0.273. The first-order valence-corrected chi connectivity index (χ1v) is 6.18. The van der Waals surface area contributed by atoms with Gasteiger partial charge in [0, 0.05) is 23.8 Å². The molecule has 0 bridgehead atoms. The Kier molecular flexibility index (Phi) is 3.98. The first-order valence-electron chi connectivity index (χ1n) is 5.39. The summed E-state index contributed by atoms with van der Waals surface area (Å²) < 4.78 is 2.80. The molecule has 1 heterocycles. The van der Waals surface area contributed by atoms with E-state index in [4.69, 9.17) is 5.73 Å². The Morgan fingerprint density at radius 1 is 1.41 bits per heavy atom. The zero-order valence-electron chi connectivity index (χ0n) is 9.31. The van der Waals surface area contributed by atoms with Gasteiger partial charge in [-0.1, -0.05) is 21.1 Å². The minimum atomic E-state index is 0.750. The Morgan fingerprint density at radius 3 is 3.00 bits per heavy atom. The number of hydrogen-bond acceptors (Lipinski definition) is 4. The summed E-state index contributed by atoms with van der Waals surface area (Å²) in [7, 11) is 0. The molecule has 0 fully saturated rings. The van der Waals surface area contributed by atoms with Crippen molar-refractivity contribution in [1.82, 2.24) is 15.0 Å². The van der Waals surface area contributed by atoms with Gasteiger partial charge in [0.1, 0.15) is 0 Å². The molecule has 0 aliphatic rings. The molecule has 1 aromatic heterocycles. The van der Waals surface area contributed by atoms with Crippen LogP contribution in [0.5, 0.6) is 0 Å². The lowest BCUT2D eigenvalue weighted by Gasteiger charge is -2.09. The standard InChI is InChI=1S/C11H14BrN5/c12-9-2-3-11(10(13)8-9)14-4-1-6-17-7-5-15-16-17/h2-3,5,7-8,14H,1,4,6,13H2. The molecular weight excluding hydrogens is 282 g/mol. The quantitative estimate of drug-likeness (QED) is 0.655. The van der Waals surface area contributed by atoms with E-state index in [0.717, 1.165) is 35.4 Å². The van der Waals surface area contributed by atoms with Crippen LogP contribution in [0.4, 0.5) is 11.4 Å². The van der Waals surface area contributed by atoms with Crippen molar-refractivity contribution in [3.8, 4) is 0 Å². The molecule has 90 valence electrons. The smallest absolute Gasteiger partial charge is 0.0692 e. The largest absolute Gasteiger partial charge is 0.397 e. The lowest BCUT2D eigenvalue weighted by Crippen LogP contribution is -2.08. The van der Waals surface area contributed by atoms with E-state index in [9.17, 15) is 0 Å². The normalized spacial score (nSPS) is 10.4. The average molecular weight is 296 g/mol. The number of nitrogens with one attached hydrogen (secondary N) is 1. The Hall–Kier alpha value is -1.56. The van der Waals surface area contributed by atoms with Crippen LogP contribution in [0.15, 0.2) is 35.1 Å².